The van der Waals surface area contributed by atoms with Crippen LogP contribution < -0.4 is 39.4 Å². The molecule has 6 nitrogen and oxygen atoms in total. The Balaban J connectivity index is 0.00000306. The standard InChI is InChI=1S/C26H24N2O4.Na/c1-2-15-31-27-24(18-28-17-23(26(29)30)22-13-6-7-14-25(22)28)19-9-8-12-21(16-19)32-20-10-4-3-5-11-20;/h3-14,16-17H,2,15,18H2,1H3,(H,29,30);/q;+1/p-1/b27-24+;. The summed E-state index contributed by atoms with van der Waals surface area (Å²) in [7, 11) is 0. The van der Waals surface area contributed by atoms with Gasteiger partial charge in [0.2, 0.25) is 0 Å². The van der Waals surface area contributed by atoms with Crippen LogP contribution in [0.15, 0.2) is 90.2 Å². The van der Waals surface area contributed by atoms with Crippen molar-refractivity contribution in [2.45, 2.75) is 19.9 Å². The smallest absolute Gasteiger partial charge is 0.545 e. The Hall–Kier alpha value is -3.06. The first-order chi connectivity index (χ1) is 15.7. The van der Waals surface area contributed by atoms with E-state index in [9.17, 15) is 9.90 Å². The van der Waals surface area contributed by atoms with E-state index in [1.807, 2.05) is 84.3 Å². The minimum absolute atomic E-state index is 0. The SMILES string of the molecule is CCCO/N=C(\Cn1cc(C(=O)[O-])c2ccccc21)c1cccc(Oc2ccccc2)c1.[Na+]. The van der Waals surface area contributed by atoms with Crippen LogP contribution in [0, 0.1) is 0 Å². The van der Waals surface area contributed by atoms with Crippen molar-refractivity contribution in [1.29, 1.82) is 0 Å². The van der Waals surface area contributed by atoms with Crippen LogP contribution in [0.2, 0.25) is 0 Å². The van der Waals surface area contributed by atoms with Crippen molar-refractivity contribution >= 4 is 22.6 Å². The number of carboxylic acids is 1. The van der Waals surface area contributed by atoms with Gasteiger partial charge >= 0.3 is 29.6 Å². The number of aromatic carboxylic acids is 1. The maximum atomic E-state index is 11.6. The van der Waals surface area contributed by atoms with E-state index in [0.29, 0.717) is 30.0 Å². The number of carbonyl (C=O) groups excluding carboxylic acids is 1. The van der Waals surface area contributed by atoms with E-state index >= 15 is 0 Å². The summed E-state index contributed by atoms with van der Waals surface area (Å²) in [5.41, 5.74) is 2.41. The number of carboxylic acid groups (broad SMARTS) is 1. The van der Waals surface area contributed by atoms with Crippen molar-refractivity contribution in [3.8, 4) is 11.5 Å². The van der Waals surface area contributed by atoms with Crippen molar-refractivity contribution in [3.05, 3.63) is 96.2 Å². The summed E-state index contributed by atoms with van der Waals surface area (Å²) in [5.74, 6) is 0.198. The number of rotatable bonds is 9. The predicted octanol–water partition coefficient (Wildman–Crippen LogP) is 1.63. The normalized spacial score (nSPS) is 11.1. The molecule has 0 saturated heterocycles. The zero-order valence-electron chi connectivity index (χ0n) is 18.7. The molecule has 0 N–H and O–H groups in total. The Labute approximate surface area is 214 Å². The molecule has 0 aliphatic carbocycles. The maximum absolute atomic E-state index is 11.6. The molecule has 0 bridgehead atoms. The van der Waals surface area contributed by atoms with Gasteiger partial charge in [0.15, 0.2) is 0 Å². The summed E-state index contributed by atoms with van der Waals surface area (Å²) in [5, 5.41) is 16.6. The fraction of sp³-hybridized carbons (Fsp3) is 0.154. The summed E-state index contributed by atoms with van der Waals surface area (Å²) in [6.45, 7) is 2.82. The number of fused-ring (bicyclic) bond motifs is 1. The molecule has 162 valence electrons. The summed E-state index contributed by atoms with van der Waals surface area (Å²) in [4.78, 5) is 17.1. The van der Waals surface area contributed by atoms with E-state index in [4.69, 9.17) is 9.57 Å². The zero-order valence-corrected chi connectivity index (χ0v) is 20.7. The number of hydrogen-bond acceptors (Lipinski definition) is 5. The second-order valence-corrected chi connectivity index (χ2v) is 7.29. The van der Waals surface area contributed by atoms with Crippen LogP contribution in [0.3, 0.4) is 0 Å². The number of carbonyl (C=O) groups is 1. The summed E-state index contributed by atoms with van der Waals surface area (Å²) < 4.78 is 7.81. The van der Waals surface area contributed by atoms with Gasteiger partial charge in [0.05, 0.1) is 12.5 Å². The molecule has 0 amide bonds. The predicted molar refractivity (Wildman–Crippen MR) is 122 cm³/mol. The van der Waals surface area contributed by atoms with Gasteiger partial charge in [-0.05, 0) is 36.8 Å². The Kier molecular flexibility index (Phi) is 8.72. The molecule has 4 aromatic rings. The first-order valence-corrected chi connectivity index (χ1v) is 10.5. The molecule has 0 atom stereocenters. The van der Waals surface area contributed by atoms with Gasteiger partial charge in [-0.2, -0.15) is 0 Å². The van der Waals surface area contributed by atoms with Crippen molar-refractivity contribution in [1.82, 2.24) is 4.57 Å². The molecule has 3 aromatic carbocycles. The van der Waals surface area contributed by atoms with Crippen LogP contribution in [0.25, 0.3) is 10.9 Å². The number of para-hydroxylation sites is 2. The molecule has 0 radical (unpaired) electrons. The van der Waals surface area contributed by atoms with E-state index in [0.717, 1.165) is 23.3 Å². The second kappa shape index (κ2) is 11.7. The van der Waals surface area contributed by atoms with Gasteiger partial charge in [0.1, 0.15) is 23.8 Å². The molecule has 0 saturated carbocycles. The fourth-order valence-electron chi connectivity index (χ4n) is 3.45. The number of benzene rings is 3. The quantitative estimate of drug-likeness (QED) is 0.168. The van der Waals surface area contributed by atoms with E-state index in [1.165, 1.54) is 0 Å². The van der Waals surface area contributed by atoms with Crippen LogP contribution in [-0.4, -0.2) is 22.9 Å². The van der Waals surface area contributed by atoms with E-state index < -0.39 is 5.97 Å². The van der Waals surface area contributed by atoms with Gasteiger partial charge in [-0.15, -0.1) is 0 Å². The van der Waals surface area contributed by atoms with Crippen LogP contribution >= 0.6 is 0 Å². The molecule has 0 fully saturated rings. The minimum Gasteiger partial charge on any atom is -0.545 e. The van der Waals surface area contributed by atoms with Crippen molar-refractivity contribution in [2.24, 2.45) is 5.16 Å². The average molecular weight is 450 g/mol. The Morgan fingerprint density at radius 1 is 0.970 bits per heavy atom. The molecular formula is C26H23N2NaO4. The van der Waals surface area contributed by atoms with E-state index in [2.05, 4.69) is 5.16 Å². The van der Waals surface area contributed by atoms with Gasteiger partial charge in [0.25, 0.3) is 0 Å². The second-order valence-electron chi connectivity index (χ2n) is 7.29. The topological polar surface area (TPSA) is 75.9 Å². The molecule has 0 aliphatic heterocycles. The van der Waals surface area contributed by atoms with Gasteiger partial charge in [-0.1, -0.05) is 60.6 Å². The third-order valence-electron chi connectivity index (χ3n) is 4.94. The number of ether oxygens (including phenoxy) is 1. The number of nitrogens with zero attached hydrogens (tertiary/aromatic N) is 2. The van der Waals surface area contributed by atoms with Gasteiger partial charge in [-0.3, -0.25) is 0 Å². The molecule has 0 aliphatic rings. The Bertz CT molecular complexity index is 1250. The largest absolute Gasteiger partial charge is 1.00 e. The van der Waals surface area contributed by atoms with Crippen LogP contribution in [0.1, 0.15) is 29.3 Å². The number of hydrogen-bond donors (Lipinski definition) is 0. The first-order valence-electron chi connectivity index (χ1n) is 10.5. The Morgan fingerprint density at radius 2 is 1.70 bits per heavy atom. The van der Waals surface area contributed by atoms with Crippen molar-refractivity contribution in [2.75, 3.05) is 6.61 Å². The molecule has 7 heteroatoms. The minimum atomic E-state index is -1.21. The molecule has 1 heterocycles. The number of oxime groups is 1. The first kappa shape index (κ1) is 24.6. The van der Waals surface area contributed by atoms with Crippen LogP contribution in [0.5, 0.6) is 11.5 Å². The molecular weight excluding hydrogens is 427 g/mol. The van der Waals surface area contributed by atoms with E-state index in [-0.39, 0.29) is 35.1 Å². The van der Waals surface area contributed by atoms with Crippen LogP contribution in [0.4, 0.5) is 0 Å². The van der Waals surface area contributed by atoms with Gasteiger partial charge < -0.3 is 24.0 Å². The third kappa shape index (κ3) is 6.05. The van der Waals surface area contributed by atoms with Crippen molar-refractivity contribution in [3.63, 3.8) is 0 Å². The van der Waals surface area contributed by atoms with Crippen LogP contribution in [-0.2, 0) is 11.4 Å². The van der Waals surface area contributed by atoms with Gasteiger partial charge in [0, 0.05) is 28.2 Å². The molecule has 0 spiro atoms. The molecule has 0 unspecified atom stereocenters. The van der Waals surface area contributed by atoms with Gasteiger partial charge in [-0.25, -0.2) is 0 Å². The Morgan fingerprint density at radius 3 is 2.45 bits per heavy atom. The fourth-order valence-corrected chi connectivity index (χ4v) is 3.45. The monoisotopic (exact) mass is 450 g/mol. The number of aromatic nitrogens is 1. The average Bonchev–Trinajstić information content (AvgIpc) is 3.18. The molecule has 4 rings (SSSR count). The van der Waals surface area contributed by atoms with Crippen molar-refractivity contribution < 1.29 is 49.0 Å². The summed E-state index contributed by atoms with van der Waals surface area (Å²) >= 11 is 0. The zero-order chi connectivity index (χ0) is 22.3. The summed E-state index contributed by atoms with van der Waals surface area (Å²) in [6.07, 6.45) is 2.41. The molecule has 1 aromatic heterocycles. The maximum Gasteiger partial charge on any atom is 1.00 e. The van der Waals surface area contributed by atoms with E-state index in [1.54, 1.807) is 12.3 Å². The summed E-state index contributed by atoms with van der Waals surface area (Å²) in [6, 6.07) is 24.5. The molecule has 33 heavy (non-hydrogen) atoms. The third-order valence-corrected chi connectivity index (χ3v) is 4.94.